The fourth-order valence-corrected chi connectivity index (χ4v) is 13.0. The van der Waals surface area contributed by atoms with Crippen LogP contribution in [0.5, 0.6) is 0 Å². The molecule has 0 spiro atoms. The number of hydrogen-bond donors (Lipinski definition) is 8. The largest absolute Gasteiger partial charge is 0.395 e. The minimum atomic E-state index is -4.61. The van der Waals surface area contributed by atoms with Crippen LogP contribution in [-0.4, -0.2) is 190 Å². The number of nitrogens with zero attached hydrogens (tertiary/aromatic N) is 14. The lowest BCUT2D eigenvalue weighted by Gasteiger charge is -2.27. The second-order valence-electron chi connectivity index (χ2n) is 21.8. The molecule has 0 unspecified atom stereocenters. The number of hydrogen-bond acceptors (Lipinski definition) is 30. The minimum Gasteiger partial charge on any atom is -0.395 e. The predicted octanol–water partition coefficient (Wildman–Crippen LogP) is 8.97. The molecule has 2 saturated heterocycles. The molecular weight excluding hydrogens is 1360 g/mol. The van der Waals surface area contributed by atoms with Crippen molar-refractivity contribution >= 4 is 164 Å². The van der Waals surface area contributed by atoms with Crippen molar-refractivity contribution < 1.29 is 64.8 Å². The fourth-order valence-electron chi connectivity index (χ4n) is 10.3. The molecule has 2 fully saturated rings. The van der Waals surface area contributed by atoms with Crippen molar-refractivity contribution in [2.24, 2.45) is 20.5 Å². The summed E-state index contributed by atoms with van der Waals surface area (Å²) in [6, 6.07) is 20.8. The number of ketones is 2. The Labute approximate surface area is 578 Å². The smallest absolute Gasteiger partial charge is 0.294 e. The van der Waals surface area contributed by atoms with Crippen molar-refractivity contribution in [3.8, 4) is 0 Å². The van der Waals surface area contributed by atoms with Crippen molar-refractivity contribution in [3.63, 3.8) is 0 Å². The number of aromatic nitrogens is 5. The molecule has 2 aliphatic rings. The van der Waals surface area contributed by atoms with Gasteiger partial charge in [0, 0.05) is 88.2 Å². The summed E-state index contributed by atoms with van der Waals surface area (Å²) in [5, 5.41) is 51.2. The normalized spacial score (nSPS) is 14.0. The molecule has 7 aromatic rings. The van der Waals surface area contributed by atoms with Crippen LogP contribution >= 0.6 is 22.7 Å². The second-order valence-corrected chi connectivity index (χ2v) is 26.7. The van der Waals surface area contributed by atoms with E-state index in [-0.39, 0.29) is 88.3 Å². The molecule has 5 heterocycles. The number of anilines is 11. The topological polar surface area (TPSA) is 414 Å². The third-order valence-electron chi connectivity index (χ3n) is 15.3. The third kappa shape index (κ3) is 19.4. The lowest BCUT2D eigenvalue weighted by Crippen LogP contribution is -2.36. The number of amides is 2. The maximum absolute atomic E-state index is 13.8. The van der Waals surface area contributed by atoms with Gasteiger partial charge in [0.1, 0.15) is 23.0 Å². The molecule has 0 atom stereocenters. The summed E-state index contributed by atoms with van der Waals surface area (Å²) >= 11 is 2.10. The third-order valence-corrected chi connectivity index (χ3v) is 18.7. The molecule has 3 aromatic heterocycles. The summed E-state index contributed by atoms with van der Waals surface area (Å²) in [5.74, 6) is -2.10. The van der Waals surface area contributed by atoms with E-state index in [1.54, 1.807) is 17.0 Å². The Hall–Kier alpha value is -9.63. The van der Waals surface area contributed by atoms with E-state index in [2.05, 4.69) is 41.3 Å². The number of aliphatic hydroxyl groups is 2. The number of rotatable bonds is 31. The van der Waals surface area contributed by atoms with Crippen molar-refractivity contribution in [2.75, 3.05) is 151 Å². The highest BCUT2D eigenvalue weighted by Crippen LogP contribution is 2.41. The zero-order valence-corrected chi connectivity index (χ0v) is 58.1. The molecule has 2 amide bonds. The van der Waals surface area contributed by atoms with Gasteiger partial charge < -0.3 is 65.5 Å². The van der Waals surface area contributed by atoms with Crippen molar-refractivity contribution in [3.05, 3.63) is 106 Å². The zero-order valence-electron chi connectivity index (χ0n) is 54.8. The Morgan fingerprint density at radius 2 is 0.939 bits per heavy atom. The molecule has 2 aliphatic heterocycles. The van der Waals surface area contributed by atoms with E-state index in [4.69, 9.17) is 44.6 Å². The molecule has 524 valence electrons. The molecule has 8 N–H and O–H groups in total. The maximum atomic E-state index is 13.8. The van der Waals surface area contributed by atoms with Crippen LogP contribution in [0.3, 0.4) is 0 Å². The van der Waals surface area contributed by atoms with Gasteiger partial charge in [0.05, 0.1) is 81.7 Å². The standard InChI is InChI=1S/C63H74N18O14S4/c1-7-77(8-2)43-17-19-49(73-75-62-68-55(79-23-29-94-30-24-79)53(96-62)37-47(39(5)84)57(86)64-41-13-11-15-45(33-41)98(88,89)90)51(35-43)66-59-70-60(72-61(71-59)81(21-27-82)22-28-83)67-52-36-44(78(9-3)10-4)18-20-50(52)74-76-63-69-56(80-25-31-95-32-26-80)54(97-63)38-48(40(6)85)58(87)65-42-14-12-16-46(34-42)99(91,92)93/h11-20,33-38,82-83H,7-10,21-32H2,1-6H3,(H,64,86)(H,65,87)(H,88,89,90)(H,91,92,93)(H2,66,67,70,71,72)/b47-37-,48-38+,75-73+,76-74+. The number of carbonyl (C=O) groups excluding carboxylic acids is 4. The van der Waals surface area contributed by atoms with Gasteiger partial charge in [0.2, 0.25) is 28.1 Å². The summed E-state index contributed by atoms with van der Waals surface area (Å²) in [6.07, 6.45) is 2.76. The maximum Gasteiger partial charge on any atom is 0.294 e. The highest BCUT2D eigenvalue weighted by atomic mass is 32.2. The summed E-state index contributed by atoms with van der Waals surface area (Å²) in [7, 11) is -9.22. The average Bonchev–Trinajstić information content (AvgIpc) is 1.68. The number of benzene rings is 4. The van der Waals surface area contributed by atoms with E-state index in [0.717, 1.165) is 58.3 Å². The van der Waals surface area contributed by atoms with Crippen LogP contribution in [0.1, 0.15) is 51.3 Å². The summed E-state index contributed by atoms with van der Waals surface area (Å²) in [6.45, 7) is 15.5. The molecule has 36 heteroatoms. The van der Waals surface area contributed by atoms with Crippen molar-refractivity contribution in [1.29, 1.82) is 0 Å². The molecule has 99 heavy (non-hydrogen) atoms. The number of thiazole rings is 2. The number of Topliss-reactive ketones (excluding diaryl/α,β-unsaturated/α-hetero) is 2. The van der Waals surface area contributed by atoms with E-state index < -0.39 is 53.4 Å². The number of carbonyl (C=O) groups is 4. The van der Waals surface area contributed by atoms with Crippen LogP contribution in [0.15, 0.2) is 126 Å². The molecule has 9 rings (SSSR count). The van der Waals surface area contributed by atoms with Crippen LogP contribution in [0, 0.1) is 0 Å². The van der Waals surface area contributed by atoms with Crippen LogP contribution < -0.4 is 45.8 Å². The van der Waals surface area contributed by atoms with Gasteiger partial charge in [-0.15, -0.1) is 20.5 Å². The number of aliphatic hydroxyl groups excluding tert-OH is 2. The number of nitrogens with one attached hydrogen (secondary N) is 4. The van der Waals surface area contributed by atoms with Gasteiger partial charge in [0.15, 0.2) is 11.6 Å². The summed E-state index contributed by atoms with van der Waals surface area (Å²) < 4.78 is 78.1. The Morgan fingerprint density at radius 1 is 0.545 bits per heavy atom. The molecule has 4 aromatic carbocycles. The Bertz CT molecular complexity index is 4180. The summed E-state index contributed by atoms with van der Waals surface area (Å²) in [4.78, 5) is 87.6. The monoisotopic (exact) mass is 1430 g/mol. The van der Waals surface area contributed by atoms with Crippen LogP contribution in [-0.2, 0) is 48.9 Å². The van der Waals surface area contributed by atoms with Crippen molar-refractivity contribution in [1.82, 2.24) is 24.9 Å². The average molecular weight is 1440 g/mol. The Kier molecular flexibility index (Phi) is 25.1. The van der Waals surface area contributed by atoms with E-state index in [9.17, 15) is 55.3 Å². The van der Waals surface area contributed by atoms with Gasteiger partial charge in [-0.1, -0.05) is 34.8 Å². The molecule has 0 saturated carbocycles. The van der Waals surface area contributed by atoms with E-state index in [1.165, 1.54) is 50.3 Å². The predicted molar refractivity (Wildman–Crippen MR) is 379 cm³/mol. The van der Waals surface area contributed by atoms with Gasteiger partial charge in [-0.25, -0.2) is 0 Å². The molecule has 0 aliphatic carbocycles. The van der Waals surface area contributed by atoms with Gasteiger partial charge >= 0.3 is 0 Å². The van der Waals surface area contributed by atoms with Gasteiger partial charge in [-0.3, -0.25) is 28.3 Å². The highest BCUT2D eigenvalue weighted by molar-refractivity contribution is 7.86. The van der Waals surface area contributed by atoms with Gasteiger partial charge in [-0.2, -0.15) is 41.8 Å². The van der Waals surface area contributed by atoms with E-state index >= 15 is 0 Å². The fraction of sp³-hybridized carbons (Fsp3) is 0.349. The quantitative estimate of drug-likeness (QED) is 0.00660. The molecular formula is C63H74N18O14S4. The highest BCUT2D eigenvalue weighted by Gasteiger charge is 2.27. The van der Waals surface area contributed by atoms with Crippen LogP contribution in [0.25, 0.3) is 12.2 Å². The SMILES string of the molecule is CCN(CC)c1ccc(/N=N/c2nc(N3CCOCC3)c(/C=C(/C(C)=O)C(=O)Nc3cccc(S(=O)(=O)O)c3)s2)c(Nc2nc(Nc3cc(N(CC)CC)ccc3/N=N/c3nc(N4CCOCC4)c(/C=C(\C(C)=O)C(=O)Nc4cccc(S(=O)(=O)O)c4)s3)nc(N(CCO)CCO)n2)c1. The van der Waals surface area contributed by atoms with Gasteiger partial charge in [0.25, 0.3) is 32.1 Å². The van der Waals surface area contributed by atoms with Crippen LogP contribution in [0.4, 0.5) is 85.2 Å². The summed E-state index contributed by atoms with van der Waals surface area (Å²) in [5.41, 5.74) is 2.36. The second kappa shape index (κ2) is 33.8. The zero-order chi connectivity index (χ0) is 71.0. The van der Waals surface area contributed by atoms with E-state index in [1.807, 2.05) is 61.8 Å². The lowest BCUT2D eigenvalue weighted by molar-refractivity contribution is -0.120. The molecule has 0 bridgehead atoms. The van der Waals surface area contributed by atoms with E-state index in [0.29, 0.717) is 112 Å². The number of ether oxygens (including phenoxy) is 2. The van der Waals surface area contributed by atoms with Crippen molar-refractivity contribution in [2.45, 2.75) is 51.3 Å². The Morgan fingerprint density at radius 3 is 1.29 bits per heavy atom. The first kappa shape index (κ1) is 73.6. The first-order valence-corrected chi connectivity index (χ1v) is 35.8. The number of azo groups is 2. The van der Waals surface area contributed by atoms with Gasteiger partial charge in [-0.05, 0) is 126 Å². The molecule has 0 radical (unpaired) electrons. The Balaban J connectivity index is 1.09. The lowest BCUT2D eigenvalue weighted by atomic mass is 10.1. The molecule has 32 nitrogen and oxygen atoms in total. The van der Waals surface area contributed by atoms with Crippen LogP contribution in [0.2, 0.25) is 0 Å². The minimum absolute atomic E-state index is 0.0107. The first-order valence-electron chi connectivity index (χ1n) is 31.3. The first-order chi connectivity index (χ1) is 47.5. The number of morpholine rings is 2.